The summed E-state index contributed by atoms with van der Waals surface area (Å²) in [5.41, 5.74) is 5.82. The molecule has 1 rings (SSSR count). The van der Waals surface area contributed by atoms with Crippen LogP contribution in [-0.2, 0) is 0 Å². The monoisotopic (exact) mass is 292 g/mol. The molecule has 1 aromatic carbocycles. The van der Waals surface area contributed by atoms with Gasteiger partial charge in [-0.3, -0.25) is 0 Å². The maximum atomic E-state index is 13.4. The molecule has 0 radical (unpaired) electrons. The third-order valence-electron chi connectivity index (χ3n) is 2.87. The quantitative estimate of drug-likeness (QED) is 0.676. The second kappa shape index (κ2) is 6.69. The second-order valence-corrected chi connectivity index (χ2v) is 5.24. The third-order valence-corrected chi connectivity index (χ3v) is 2.87. The molecule has 0 heterocycles. The highest BCUT2D eigenvalue weighted by Gasteiger charge is 2.18. The Morgan fingerprint density at radius 2 is 2.05 bits per heavy atom. The normalized spacial score (nSPS) is 11.8. The number of nitrogens with two attached hydrogens (primary N) is 1. The van der Waals surface area contributed by atoms with Crippen molar-refractivity contribution in [3.63, 3.8) is 0 Å². The van der Waals surface area contributed by atoms with Gasteiger partial charge in [0.25, 0.3) is 0 Å². The van der Waals surface area contributed by atoms with Gasteiger partial charge < -0.3 is 20.9 Å². The first-order valence-corrected chi connectivity index (χ1v) is 6.14. The number of anilines is 2. The standard InChI is InChI=1S/C13H19F3N2O2/c1-13(2,3-4-19)7-18-10-6-11(20-12(15)16)8(14)5-9(10)17/h5-6,12,18-19H,3-4,7,17H2,1-2H3. The molecule has 7 heteroatoms. The van der Waals surface area contributed by atoms with Crippen LogP contribution in [0.2, 0.25) is 0 Å². The number of benzene rings is 1. The van der Waals surface area contributed by atoms with Gasteiger partial charge in [0.05, 0.1) is 11.4 Å². The van der Waals surface area contributed by atoms with Crippen molar-refractivity contribution in [2.24, 2.45) is 5.41 Å². The lowest BCUT2D eigenvalue weighted by Crippen LogP contribution is -2.24. The van der Waals surface area contributed by atoms with Crippen molar-refractivity contribution >= 4 is 11.4 Å². The van der Waals surface area contributed by atoms with Crippen LogP contribution < -0.4 is 15.8 Å². The van der Waals surface area contributed by atoms with E-state index in [0.717, 1.165) is 12.1 Å². The number of rotatable bonds is 7. The van der Waals surface area contributed by atoms with E-state index in [-0.39, 0.29) is 17.7 Å². The number of alkyl halides is 2. The van der Waals surface area contributed by atoms with Crippen LogP contribution in [0.5, 0.6) is 5.75 Å². The number of ether oxygens (including phenoxy) is 1. The van der Waals surface area contributed by atoms with E-state index in [1.165, 1.54) is 0 Å². The molecule has 4 nitrogen and oxygen atoms in total. The van der Waals surface area contributed by atoms with Crippen LogP contribution in [-0.4, -0.2) is 24.9 Å². The molecule has 0 saturated heterocycles. The molecule has 0 saturated carbocycles. The summed E-state index contributed by atoms with van der Waals surface area (Å²) in [5.74, 6) is -1.50. The predicted molar refractivity (Wildman–Crippen MR) is 71.4 cm³/mol. The number of aliphatic hydroxyl groups is 1. The van der Waals surface area contributed by atoms with Gasteiger partial charge in [-0.25, -0.2) is 4.39 Å². The molecule has 0 bridgehead atoms. The first kappa shape index (κ1) is 16.4. The van der Waals surface area contributed by atoms with Crippen molar-refractivity contribution in [3.05, 3.63) is 17.9 Å². The smallest absolute Gasteiger partial charge is 0.387 e. The highest BCUT2D eigenvalue weighted by Crippen LogP contribution is 2.30. The molecule has 0 fully saturated rings. The van der Waals surface area contributed by atoms with E-state index in [1.54, 1.807) is 0 Å². The van der Waals surface area contributed by atoms with E-state index in [9.17, 15) is 13.2 Å². The molecule has 0 aromatic heterocycles. The zero-order valence-electron chi connectivity index (χ0n) is 11.4. The van der Waals surface area contributed by atoms with Crippen LogP contribution in [0, 0.1) is 11.2 Å². The average Bonchev–Trinajstić information content (AvgIpc) is 2.30. The van der Waals surface area contributed by atoms with E-state index in [1.807, 2.05) is 13.8 Å². The zero-order chi connectivity index (χ0) is 15.3. The summed E-state index contributed by atoms with van der Waals surface area (Å²) in [4.78, 5) is 0. The van der Waals surface area contributed by atoms with Gasteiger partial charge >= 0.3 is 6.61 Å². The zero-order valence-corrected chi connectivity index (χ0v) is 11.4. The largest absolute Gasteiger partial charge is 0.432 e. The van der Waals surface area contributed by atoms with Crippen LogP contribution >= 0.6 is 0 Å². The molecule has 4 N–H and O–H groups in total. The fourth-order valence-electron chi connectivity index (χ4n) is 1.63. The Hall–Kier alpha value is -1.63. The molecule has 0 aliphatic rings. The Kier molecular flexibility index (Phi) is 5.50. The van der Waals surface area contributed by atoms with Gasteiger partial charge in [-0.05, 0) is 11.8 Å². The highest BCUT2D eigenvalue weighted by molar-refractivity contribution is 5.68. The maximum Gasteiger partial charge on any atom is 0.387 e. The summed E-state index contributed by atoms with van der Waals surface area (Å²) in [7, 11) is 0. The number of hydrogen-bond acceptors (Lipinski definition) is 4. The summed E-state index contributed by atoms with van der Waals surface area (Å²) in [6.45, 7) is 1.22. The molecule has 0 atom stereocenters. The Morgan fingerprint density at radius 1 is 1.40 bits per heavy atom. The fourth-order valence-corrected chi connectivity index (χ4v) is 1.63. The van der Waals surface area contributed by atoms with Crippen LogP contribution in [0.4, 0.5) is 24.5 Å². The molecule has 0 amide bonds. The summed E-state index contributed by atoms with van der Waals surface area (Å²) in [6.07, 6.45) is 0.557. The number of nitrogen functional groups attached to an aromatic ring is 1. The van der Waals surface area contributed by atoms with E-state index in [0.29, 0.717) is 18.7 Å². The number of halogens is 3. The second-order valence-electron chi connectivity index (χ2n) is 5.24. The summed E-state index contributed by atoms with van der Waals surface area (Å²) >= 11 is 0. The van der Waals surface area contributed by atoms with Crippen molar-refractivity contribution in [2.75, 3.05) is 24.2 Å². The minimum absolute atomic E-state index is 0.0350. The van der Waals surface area contributed by atoms with Gasteiger partial charge in [0.1, 0.15) is 0 Å². The molecular weight excluding hydrogens is 273 g/mol. The first-order valence-electron chi connectivity index (χ1n) is 6.14. The lowest BCUT2D eigenvalue weighted by molar-refractivity contribution is -0.0521. The van der Waals surface area contributed by atoms with E-state index in [2.05, 4.69) is 10.1 Å². The van der Waals surface area contributed by atoms with Crippen LogP contribution in [0.3, 0.4) is 0 Å². The average molecular weight is 292 g/mol. The van der Waals surface area contributed by atoms with Crippen molar-refractivity contribution in [1.82, 2.24) is 0 Å². The topological polar surface area (TPSA) is 67.5 Å². The number of aliphatic hydroxyl groups excluding tert-OH is 1. The summed E-state index contributed by atoms with van der Waals surface area (Å²) in [5, 5.41) is 11.9. The lowest BCUT2D eigenvalue weighted by Gasteiger charge is -2.25. The van der Waals surface area contributed by atoms with Crippen molar-refractivity contribution in [3.8, 4) is 5.75 Å². The van der Waals surface area contributed by atoms with Crippen molar-refractivity contribution in [2.45, 2.75) is 26.9 Å². The minimum Gasteiger partial charge on any atom is -0.432 e. The van der Waals surface area contributed by atoms with Gasteiger partial charge in [-0.15, -0.1) is 0 Å². The van der Waals surface area contributed by atoms with Crippen LogP contribution in [0.1, 0.15) is 20.3 Å². The molecule has 1 aromatic rings. The molecule has 0 aliphatic carbocycles. The Balaban J connectivity index is 2.84. The summed E-state index contributed by atoms with van der Waals surface area (Å²) in [6, 6.07) is 2.03. The number of hydrogen-bond donors (Lipinski definition) is 3. The molecule has 20 heavy (non-hydrogen) atoms. The van der Waals surface area contributed by atoms with E-state index < -0.39 is 18.2 Å². The van der Waals surface area contributed by atoms with Crippen LogP contribution in [0.25, 0.3) is 0 Å². The molecule has 0 unspecified atom stereocenters. The van der Waals surface area contributed by atoms with Gasteiger partial charge in [0.15, 0.2) is 11.6 Å². The first-order chi connectivity index (χ1) is 9.25. The third kappa shape index (κ3) is 4.80. The summed E-state index contributed by atoms with van der Waals surface area (Å²) < 4.78 is 41.7. The minimum atomic E-state index is -3.10. The molecule has 0 spiro atoms. The lowest BCUT2D eigenvalue weighted by atomic mass is 9.89. The Labute approximate surface area is 115 Å². The van der Waals surface area contributed by atoms with Crippen LogP contribution in [0.15, 0.2) is 12.1 Å². The fraction of sp³-hybridized carbons (Fsp3) is 0.538. The van der Waals surface area contributed by atoms with Gasteiger partial charge in [-0.1, -0.05) is 13.8 Å². The molecule has 0 aliphatic heterocycles. The van der Waals surface area contributed by atoms with Crippen molar-refractivity contribution < 1.29 is 23.0 Å². The van der Waals surface area contributed by atoms with Gasteiger partial charge in [-0.2, -0.15) is 8.78 Å². The molecular formula is C13H19F3N2O2. The number of nitrogens with one attached hydrogen (secondary N) is 1. The SMILES string of the molecule is CC(C)(CCO)CNc1cc(OC(F)F)c(F)cc1N. The molecule has 114 valence electrons. The van der Waals surface area contributed by atoms with E-state index in [4.69, 9.17) is 10.8 Å². The van der Waals surface area contributed by atoms with Gasteiger partial charge in [0, 0.05) is 25.3 Å². The highest BCUT2D eigenvalue weighted by atomic mass is 19.3. The Morgan fingerprint density at radius 3 is 2.60 bits per heavy atom. The van der Waals surface area contributed by atoms with Crippen molar-refractivity contribution in [1.29, 1.82) is 0 Å². The predicted octanol–water partition coefficient (Wildman–Crippen LogP) is 2.83. The maximum absolute atomic E-state index is 13.4. The van der Waals surface area contributed by atoms with Gasteiger partial charge in [0.2, 0.25) is 0 Å². The Bertz CT molecular complexity index is 453. The van der Waals surface area contributed by atoms with E-state index >= 15 is 0 Å².